The van der Waals surface area contributed by atoms with Crippen molar-refractivity contribution >= 4 is 17.5 Å². The fourth-order valence-electron chi connectivity index (χ4n) is 1.54. The van der Waals surface area contributed by atoms with E-state index in [0.717, 1.165) is 6.07 Å². The second kappa shape index (κ2) is 6.40. The molecule has 0 atom stereocenters. The summed E-state index contributed by atoms with van der Waals surface area (Å²) < 4.78 is 37.5. The number of nitrogens with two attached hydrogens (primary N) is 1. The molecular weight excluding hydrogens is 275 g/mol. The topological polar surface area (TPSA) is 84.1 Å². The highest BCUT2D eigenvalue weighted by Gasteiger charge is 2.35. The number of anilines is 2. The lowest BCUT2D eigenvalue weighted by Gasteiger charge is -2.19. The first-order valence-electron chi connectivity index (χ1n) is 6.01. The molecule has 0 saturated heterocycles. The Labute approximate surface area is 114 Å². The first kappa shape index (κ1) is 16.0. The Kier molecular flexibility index (Phi) is 5.12. The van der Waals surface area contributed by atoms with E-state index < -0.39 is 12.0 Å². The molecule has 112 valence electrons. The van der Waals surface area contributed by atoms with Crippen LogP contribution in [0.25, 0.3) is 0 Å². The molecule has 0 spiro atoms. The summed E-state index contributed by atoms with van der Waals surface area (Å²) >= 11 is 0. The highest BCUT2D eigenvalue weighted by Crippen LogP contribution is 2.27. The normalized spacial score (nSPS) is 11.2. The van der Waals surface area contributed by atoms with Gasteiger partial charge in [0.15, 0.2) is 0 Å². The molecule has 0 bridgehead atoms. The Hall–Kier alpha value is -2.06. The molecular formula is C11H16F3N5O. The Balaban J connectivity index is 2.79. The average Bonchev–Trinajstić information content (AvgIpc) is 2.36. The van der Waals surface area contributed by atoms with Crippen LogP contribution in [0.5, 0.6) is 0 Å². The summed E-state index contributed by atoms with van der Waals surface area (Å²) in [7, 11) is 0. The first-order valence-corrected chi connectivity index (χ1v) is 6.01. The summed E-state index contributed by atoms with van der Waals surface area (Å²) in [5.41, 5.74) is 5.29. The third-order valence-electron chi connectivity index (χ3n) is 2.54. The molecule has 1 heterocycles. The maximum Gasteiger partial charge on any atom is 0.451 e. The number of amides is 1. The molecule has 1 aromatic heterocycles. The molecule has 0 aliphatic heterocycles. The number of hydrogen-bond acceptors (Lipinski definition) is 5. The van der Waals surface area contributed by atoms with Crippen LogP contribution >= 0.6 is 0 Å². The van der Waals surface area contributed by atoms with Crippen LogP contribution in [0.2, 0.25) is 0 Å². The van der Waals surface area contributed by atoms with Crippen LogP contribution in [0.3, 0.4) is 0 Å². The van der Waals surface area contributed by atoms with Gasteiger partial charge >= 0.3 is 6.18 Å². The number of likely N-dealkylation sites (N-methyl/N-ethyl adjacent to an activating group) is 1. The number of hydrogen-bond donors (Lipinski definition) is 2. The summed E-state index contributed by atoms with van der Waals surface area (Å²) in [5.74, 6) is -2.02. The van der Waals surface area contributed by atoms with Gasteiger partial charge in [0.1, 0.15) is 11.6 Å². The zero-order valence-electron chi connectivity index (χ0n) is 11.2. The van der Waals surface area contributed by atoms with Crippen molar-refractivity contribution in [2.45, 2.75) is 20.0 Å². The highest BCUT2D eigenvalue weighted by atomic mass is 19.4. The van der Waals surface area contributed by atoms with E-state index in [1.165, 1.54) is 0 Å². The lowest BCUT2D eigenvalue weighted by Crippen LogP contribution is -2.35. The fraction of sp³-hybridized carbons (Fsp3) is 0.545. The average molecular weight is 291 g/mol. The number of rotatable bonds is 5. The van der Waals surface area contributed by atoms with Crippen LogP contribution in [0, 0.1) is 0 Å². The zero-order chi connectivity index (χ0) is 15.3. The lowest BCUT2D eigenvalue weighted by atomic mass is 10.4. The number of aromatic nitrogens is 2. The van der Waals surface area contributed by atoms with E-state index in [2.05, 4.69) is 15.3 Å². The van der Waals surface area contributed by atoms with Crippen molar-refractivity contribution in [3.8, 4) is 0 Å². The van der Waals surface area contributed by atoms with Crippen molar-refractivity contribution < 1.29 is 18.0 Å². The number of nitrogens with zero attached hydrogens (tertiary/aromatic N) is 3. The van der Waals surface area contributed by atoms with E-state index in [1.54, 1.807) is 4.90 Å². The second-order valence-electron chi connectivity index (χ2n) is 3.92. The Morgan fingerprint density at radius 1 is 1.35 bits per heavy atom. The minimum Gasteiger partial charge on any atom is -0.384 e. The number of carbonyl (C=O) groups excluding carboxylic acids is 1. The molecule has 1 rings (SSSR count). The molecule has 9 heteroatoms. The van der Waals surface area contributed by atoms with Gasteiger partial charge in [-0.25, -0.2) is 9.97 Å². The van der Waals surface area contributed by atoms with Crippen LogP contribution in [-0.4, -0.2) is 40.4 Å². The van der Waals surface area contributed by atoms with Crippen LogP contribution in [0.15, 0.2) is 6.07 Å². The number of alkyl halides is 3. The van der Waals surface area contributed by atoms with Crippen molar-refractivity contribution in [2.75, 3.05) is 30.7 Å². The summed E-state index contributed by atoms with van der Waals surface area (Å²) in [5, 5.41) is 2.52. The van der Waals surface area contributed by atoms with Crippen molar-refractivity contribution in [1.29, 1.82) is 0 Å². The monoisotopic (exact) mass is 291 g/mol. The third-order valence-corrected chi connectivity index (χ3v) is 2.54. The molecule has 0 aromatic carbocycles. The van der Waals surface area contributed by atoms with Gasteiger partial charge in [0.2, 0.25) is 11.7 Å². The molecule has 20 heavy (non-hydrogen) atoms. The smallest absolute Gasteiger partial charge is 0.384 e. The van der Waals surface area contributed by atoms with Gasteiger partial charge in [0.05, 0.1) is 6.54 Å². The molecule has 3 N–H and O–H groups in total. The molecule has 6 nitrogen and oxygen atoms in total. The fourth-order valence-corrected chi connectivity index (χ4v) is 1.54. The van der Waals surface area contributed by atoms with Gasteiger partial charge in [-0.15, -0.1) is 0 Å². The minimum atomic E-state index is -4.69. The van der Waals surface area contributed by atoms with E-state index in [-0.39, 0.29) is 24.1 Å². The summed E-state index contributed by atoms with van der Waals surface area (Å²) in [6.07, 6.45) is -4.69. The number of carbonyl (C=O) groups is 1. The van der Waals surface area contributed by atoms with Gasteiger partial charge in [0.25, 0.3) is 0 Å². The predicted molar refractivity (Wildman–Crippen MR) is 67.9 cm³/mol. The Bertz CT molecular complexity index is 474. The minimum absolute atomic E-state index is 0.134. The van der Waals surface area contributed by atoms with E-state index in [9.17, 15) is 18.0 Å². The van der Waals surface area contributed by atoms with Gasteiger partial charge in [-0.2, -0.15) is 13.2 Å². The van der Waals surface area contributed by atoms with Crippen LogP contribution in [0.4, 0.5) is 24.8 Å². The molecule has 0 unspecified atom stereocenters. The molecule has 0 radical (unpaired) electrons. The van der Waals surface area contributed by atoms with Gasteiger partial charge in [-0.05, 0) is 13.8 Å². The van der Waals surface area contributed by atoms with E-state index in [0.29, 0.717) is 13.1 Å². The number of halogens is 3. The molecule has 0 aliphatic rings. The summed E-state index contributed by atoms with van der Waals surface area (Å²) in [6, 6.07) is 1.14. The van der Waals surface area contributed by atoms with Crippen LogP contribution < -0.4 is 11.1 Å². The van der Waals surface area contributed by atoms with Crippen molar-refractivity contribution in [3.05, 3.63) is 11.9 Å². The number of nitrogen functional groups attached to an aromatic ring is 1. The quantitative estimate of drug-likeness (QED) is 0.855. The Morgan fingerprint density at radius 2 is 1.95 bits per heavy atom. The number of nitrogens with one attached hydrogen (secondary N) is 1. The molecule has 1 amide bonds. The highest BCUT2D eigenvalue weighted by molar-refractivity contribution is 5.80. The molecule has 0 aliphatic carbocycles. The summed E-state index contributed by atoms with van der Waals surface area (Å²) in [6.45, 7) is 4.51. The van der Waals surface area contributed by atoms with Gasteiger partial charge in [-0.1, -0.05) is 0 Å². The zero-order valence-corrected chi connectivity index (χ0v) is 11.2. The third kappa shape index (κ3) is 4.25. The molecule has 0 saturated carbocycles. The SMILES string of the molecule is CCN(CC)C(=O)CNc1cc(N)nc(C(F)(F)F)n1. The summed E-state index contributed by atoms with van der Waals surface area (Å²) in [4.78, 5) is 19.7. The van der Waals surface area contributed by atoms with Crippen molar-refractivity contribution in [1.82, 2.24) is 14.9 Å². The van der Waals surface area contributed by atoms with Crippen molar-refractivity contribution in [2.24, 2.45) is 0 Å². The van der Waals surface area contributed by atoms with Gasteiger partial charge < -0.3 is 16.0 Å². The predicted octanol–water partition coefficient (Wildman–Crippen LogP) is 1.36. The lowest BCUT2D eigenvalue weighted by molar-refractivity contribution is -0.144. The van der Waals surface area contributed by atoms with Gasteiger partial charge in [0, 0.05) is 19.2 Å². The van der Waals surface area contributed by atoms with E-state index >= 15 is 0 Å². The first-order chi connectivity index (χ1) is 9.27. The van der Waals surface area contributed by atoms with Crippen LogP contribution in [0.1, 0.15) is 19.7 Å². The van der Waals surface area contributed by atoms with Gasteiger partial charge in [-0.3, -0.25) is 4.79 Å². The van der Waals surface area contributed by atoms with Crippen LogP contribution in [-0.2, 0) is 11.0 Å². The second-order valence-corrected chi connectivity index (χ2v) is 3.92. The van der Waals surface area contributed by atoms with E-state index in [1.807, 2.05) is 13.8 Å². The molecule has 0 fully saturated rings. The maximum atomic E-state index is 12.5. The van der Waals surface area contributed by atoms with Crippen molar-refractivity contribution in [3.63, 3.8) is 0 Å². The Morgan fingerprint density at radius 3 is 2.45 bits per heavy atom. The largest absolute Gasteiger partial charge is 0.451 e. The van der Waals surface area contributed by atoms with E-state index in [4.69, 9.17) is 5.73 Å². The molecule has 1 aromatic rings. The standard InChI is InChI=1S/C11H16F3N5O/c1-3-19(4-2)9(20)6-16-8-5-7(15)17-10(18-8)11(12,13)14/h5H,3-4,6H2,1-2H3,(H3,15,16,17,18). The maximum absolute atomic E-state index is 12.5.